The summed E-state index contributed by atoms with van der Waals surface area (Å²) in [7, 11) is 0. The second-order valence-corrected chi connectivity index (χ2v) is 7.53. The van der Waals surface area contributed by atoms with Crippen LogP contribution in [-0.4, -0.2) is 30.3 Å². The van der Waals surface area contributed by atoms with Gasteiger partial charge in [-0.2, -0.15) is 0 Å². The zero-order valence-electron chi connectivity index (χ0n) is 16.0. The lowest BCUT2D eigenvalue weighted by Gasteiger charge is -2.26. The van der Waals surface area contributed by atoms with Crippen LogP contribution in [0.2, 0.25) is 0 Å². The smallest absolute Gasteiger partial charge is 0.312 e. The molecular formula is C18H35N3O3. The van der Waals surface area contributed by atoms with E-state index in [1.807, 2.05) is 27.7 Å². The van der Waals surface area contributed by atoms with Crippen LogP contribution in [0.1, 0.15) is 60.8 Å². The van der Waals surface area contributed by atoms with Crippen LogP contribution in [0.5, 0.6) is 0 Å². The number of ketones is 1. The van der Waals surface area contributed by atoms with Gasteiger partial charge < -0.3 is 16.4 Å². The lowest BCUT2D eigenvalue weighted by molar-refractivity contribution is -0.132. The second-order valence-electron chi connectivity index (χ2n) is 7.53. The maximum absolute atomic E-state index is 12.6. The van der Waals surface area contributed by atoms with Gasteiger partial charge in [-0.3, -0.25) is 9.59 Å². The van der Waals surface area contributed by atoms with Crippen molar-refractivity contribution in [3.05, 3.63) is 0 Å². The maximum atomic E-state index is 12.6. The van der Waals surface area contributed by atoms with Crippen molar-refractivity contribution in [2.45, 2.75) is 66.8 Å². The normalized spacial score (nSPS) is 13.9. The van der Waals surface area contributed by atoms with E-state index in [1.165, 1.54) is 0 Å². The van der Waals surface area contributed by atoms with Crippen molar-refractivity contribution in [2.75, 3.05) is 6.54 Å². The molecule has 0 heterocycles. The molecule has 0 aromatic carbocycles. The van der Waals surface area contributed by atoms with Gasteiger partial charge in [0.15, 0.2) is 5.78 Å². The maximum Gasteiger partial charge on any atom is 0.312 e. The molecule has 0 saturated carbocycles. The molecule has 140 valence electrons. The standard InChI is InChI=1S/C18H35N3O3/c1-11(2)10-14(12(3)4)17(23)21-15(16(22)13(5)6)8-7-9-20-18(19)24/h11-15H,7-10H2,1-6H3,(H,21,23)(H3,19,20,24). The van der Waals surface area contributed by atoms with Gasteiger partial charge in [-0.15, -0.1) is 0 Å². The van der Waals surface area contributed by atoms with Crippen molar-refractivity contribution < 1.29 is 14.4 Å². The van der Waals surface area contributed by atoms with Crippen LogP contribution in [0, 0.1) is 23.7 Å². The number of hydrogen-bond acceptors (Lipinski definition) is 3. The molecule has 0 aromatic heterocycles. The van der Waals surface area contributed by atoms with Crippen LogP contribution in [-0.2, 0) is 9.59 Å². The fraction of sp³-hybridized carbons (Fsp3) is 0.833. The Hall–Kier alpha value is -1.59. The number of Topliss-reactive ketones (excluding diaryl/α,β-unsaturated/α-hetero) is 1. The first-order valence-electron chi connectivity index (χ1n) is 8.93. The van der Waals surface area contributed by atoms with Gasteiger partial charge >= 0.3 is 6.03 Å². The van der Waals surface area contributed by atoms with E-state index in [0.29, 0.717) is 25.3 Å². The van der Waals surface area contributed by atoms with Crippen LogP contribution < -0.4 is 16.4 Å². The van der Waals surface area contributed by atoms with Gasteiger partial charge in [-0.05, 0) is 31.1 Å². The number of nitrogens with two attached hydrogens (primary N) is 1. The average Bonchev–Trinajstić information content (AvgIpc) is 2.45. The largest absolute Gasteiger partial charge is 0.352 e. The minimum atomic E-state index is -0.581. The molecule has 0 radical (unpaired) electrons. The van der Waals surface area contributed by atoms with Crippen LogP contribution in [0.15, 0.2) is 0 Å². The van der Waals surface area contributed by atoms with Gasteiger partial charge in [-0.1, -0.05) is 41.5 Å². The second kappa shape index (κ2) is 11.0. The molecule has 2 atom stereocenters. The summed E-state index contributed by atoms with van der Waals surface area (Å²) in [5.74, 6) is 0.356. The summed E-state index contributed by atoms with van der Waals surface area (Å²) in [4.78, 5) is 35.7. The number of carbonyl (C=O) groups excluding carboxylic acids is 3. The minimum Gasteiger partial charge on any atom is -0.352 e. The number of primary amides is 1. The predicted octanol–water partition coefficient (Wildman–Crippen LogP) is 2.46. The van der Waals surface area contributed by atoms with Gasteiger partial charge in [0.1, 0.15) is 0 Å². The van der Waals surface area contributed by atoms with E-state index in [2.05, 4.69) is 24.5 Å². The molecular weight excluding hydrogens is 306 g/mol. The van der Waals surface area contributed by atoms with Gasteiger partial charge in [0.25, 0.3) is 0 Å². The fourth-order valence-corrected chi connectivity index (χ4v) is 2.67. The molecule has 0 spiro atoms. The van der Waals surface area contributed by atoms with Crippen molar-refractivity contribution in [2.24, 2.45) is 29.4 Å². The Kier molecular flexibility index (Phi) is 10.3. The van der Waals surface area contributed by atoms with E-state index in [0.717, 1.165) is 6.42 Å². The van der Waals surface area contributed by atoms with E-state index >= 15 is 0 Å². The zero-order valence-corrected chi connectivity index (χ0v) is 16.0. The third-order valence-corrected chi connectivity index (χ3v) is 4.06. The van der Waals surface area contributed by atoms with E-state index in [1.54, 1.807) is 0 Å². The Balaban J connectivity index is 4.85. The van der Waals surface area contributed by atoms with Gasteiger partial charge in [-0.25, -0.2) is 4.79 Å². The van der Waals surface area contributed by atoms with Crippen molar-refractivity contribution >= 4 is 17.7 Å². The molecule has 0 bridgehead atoms. The summed E-state index contributed by atoms with van der Waals surface area (Å²) in [5, 5.41) is 5.44. The summed E-state index contributed by atoms with van der Waals surface area (Å²) < 4.78 is 0. The first kappa shape index (κ1) is 22.4. The highest BCUT2D eigenvalue weighted by Crippen LogP contribution is 2.21. The summed E-state index contributed by atoms with van der Waals surface area (Å²) in [6.45, 7) is 12.3. The number of urea groups is 1. The van der Waals surface area contributed by atoms with Crippen molar-refractivity contribution in [1.29, 1.82) is 0 Å². The number of amides is 3. The molecule has 0 rings (SSSR count). The highest BCUT2D eigenvalue weighted by atomic mass is 16.2. The molecule has 0 aliphatic rings. The van der Waals surface area contributed by atoms with Gasteiger partial charge in [0.2, 0.25) is 5.91 Å². The zero-order chi connectivity index (χ0) is 18.9. The Morgan fingerprint density at radius 1 is 1.00 bits per heavy atom. The molecule has 6 nitrogen and oxygen atoms in total. The molecule has 6 heteroatoms. The summed E-state index contributed by atoms with van der Waals surface area (Å²) in [5.41, 5.74) is 5.03. The monoisotopic (exact) mass is 341 g/mol. The number of nitrogens with one attached hydrogen (secondary N) is 2. The van der Waals surface area contributed by atoms with Crippen molar-refractivity contribution in [3.63, 3.8) is 0 Å². The van der Waals surface area contributed by atoms with Crippen molar-refractivity contribution in [3.8, 4) is 0 Å². The lowest BCUT2D eigenvalue weighted by atomic mass is 9.86. The topological polar surface area (TPSA) is 101 Å². The predicted molar refractivity (Wildman–Crippen MR) is 96.4 cm³/mol. The molecule has 0 aliphatic carbocycles. The van der Waals surface area contributed by atoms with Crippen LogP contribution in [0.4, 0.5) is 4.79 Å². The number of rotatable bonds is 11. The van der Waals surface area contributed by atoms with Crippen LogP contribution in [0.25, 0.3) is 0 Å². The molecule has 0 aliphatic heterocycles. The van der Waals surface area contributed by atoms with Gasteiger partial charge in [0.05, 0.1) is 6.04 Å². The average molecular weight is 341 g/mol. The van der Waals surface area contributed by atoms with Gasteiger partial charge in [0, 0.05) is 18.4 Å². The molecule has 24 heavy (non-hydrogen) atoms. The Morgan fingerprint density at radius 3 is 2.00 bits per heavy atom. The molecule has 0 aromatic rings. The minimum absolute atomic E-state index is 0.0227. The first-order valence-corrected chi connectivity index (χ1v) is 8.93. The fourth-order valence-electron chi connectivity index (χ4n) is 2.67. The van der Waals surface area contributed by atoms with E-state index in [9.17, 15) is 14.4 Å². The quantitative estimate of drug-likeness (QED) is 0.503. The molecule has 0 fully saturated rings. The highest BCUT2D eigenvalue weighted by molar-refractivity contribution is 5.90. The number of carbonyl (C=O) groups is 3. The van der Waals surface area contributed by atoms with E-state index < -0.39 is 12.1 Å². The number of hydrogen-bond donors (Lipinski definition) is 3. The summed E-state index contributed by atoms with van der Waals surface area (Å²) in [6, 6.07) is -1.09. The Morgan fingerprint density at radius 2 is 1.58 bits per heavy atom. The van der Waals surface area contributed by atoms with Crippen LogP contribution >= 0.6 is 0 Å². The SMILES string of the molecule is CC(C)CC(C(=O)NC(CCCNC(N)=O)C(=O)C(C)C)C(C)C. The lowest BCUT2D eigenvalue weighted by Crippen LogP contribution is -2.46. The Bertz CT molecular complexity index is 420. The van der Waals surface area contributed by atoms with Crippen molar-refractivity contribution in [1.82, 2.24) is 10.6 Å². The third-order valence-electron chi connectivity index (χ3n) is 4.06. The Labute approximate surface area is 146 Å². The van der Waals surface area contributed by atoms with Crippen LogP contribution in [0.3, 0.4) is 0 Å². The molecule has 2 unspecified atom stereocenters. The molecule has 4 N–H and O–H groups in total. The summed E-state index contributed by atoms with van der Waals surface area (Å²) >= 11 is 0. The third kappa shape index (κ3) is 8.89. The molecule has 3 amide bonds. The first-order chi connectivity index (χ1) is 11.1. The molecule has 0 saturated heterocycles. The van der Waals surface area contributed by atoms with E-state index in [-0.39, 0.29) is 29.4 Å². The summed E-state index contributed by atoms with van der Waals surface area (Å²) in [6.07, 6.45) is 1.88. The highest BCUT2D eigenvalue weighted by Gasteiger charge is 2.28. The van der Waals surface area contributed by atoms with E-state index in [4.69, 9.17) is 5.73 Å².